The molecular weight excluding hydrogens is 272 g/mol. The summed E-state index contributed by atoms with van der Waals surface area (Å²) in [6, 6.07) is 13.1. The molecule has 0 amide bonds. The van der Waals surface area contributed by atoms with E-state index in [9.17, 15) is 9.90 Å². The van der Waals surface area contributed by atoms with Gasteiger partial charge in [0.25, 0.3) is 0 Å². The van der Waals surface area contributed by atoms with Crippen LogP contribution < -0.4 is 0 Å². The summed E-state index contributed by atoms with van der Waals surface area (Å²) in [5, 5.41) is 10.0. The highest BCUT2D eigenvalue weighted by atomic mass is 35.5. The van der Waals surface area contributed by atoms with E-state index in [1.165, 1.54) is 11.1 Å². The normalized spacial score (nSPS) is 12.2. The first kappa shape index (κ1) is 14.6. The van der Waals surface area contributed by atoms with Crippen LogP contribution in [0.3, 0.4) is 0 Å². The Kier molecular flexibility index (Phi) is 4.46. The van der Waals surface area contributed by atoms with Gasteiger partial charge in [0.2, 0.25) is 0 Å². The quantitative estimate of drug-likeness (QED) is 0.907. The SMILES string of the molecule is Cc1ccc(C[C@@H](C(=O)O)c2cccc(Cl)c2)cc1C. The Morgan fingerprint density at radius 2 is 1.90 bits per heavy atom. The van der Waals surface area contributed by atoms with Crippen LogP contribution in [0.2, 0.25) is 5.02 Å². The highest BCUT2D eigenvalue weighted by Gasteiger charge is 2.20. The van der Waals surface area contributed by atoms with E-state index in [0.29, 0.717) is 11.4 Å². The summed E-state index contributed by atoms with van der Waals surface area (Å²) in [5.74, 6) is -1.40. The van der Waals surface area contributed by atoms with E-state index in [2.05, 4.69) is 6.07 Å². The molecule has 1 atom stereocenters. The molecule has 0 aromatic heterocycles. The molecule has 2 rings (SSSR count). The minimum Gasteiger partial charge on any atom is -0.481 e. The molecule has 2 nitrogen and oxygen atoms in total. The number of benzene rings is 2. The topological polar surface area (TPSA) is 37.3 Å². The molecule has 0 aliphatic heterocycles. The third-order valence-electron chi connectivity index (χ3n) is 3.56. The number of hydrogen-bond acceptors (Lipinski definition) is 1. The first-order valence-electron chi connectivity index (χ1n) is 6.52. The van der Waals surface area contributed by atoms with Crippen molar-refractivity contribution in [3.8, 4) is 0 Å². The molecule has 0 saturated carbocycles. The van der Waals surface area contributed by atoms with Crippen LogP contribution in [0, 0.1) is 13.8 Å². The first-order valence-corrected chi connectivity index (χ1v) is 6.89. The molecule has 20 heavy (non-hydrogen) atoms. The van der Waals surface area contributed by atoms with E-state index in [1.807, 2.05) is 32.0 Å². The highest BCUT2D eigenvalue weighted by molar-refractivity contribution is 6.30. The Morgan fingerprint density at radius 3 is 2.50 bits per heavy atom. The van der Waals surface area contributed by atoms with Crippen LogP contribution in [0.15, 0.2) is 42.5 Å². The zero-order valence-electron chi connectivity index (χ0n) is 11.6. The number of aliphatic carboxylic acids is 1. The summed E-state index contributed by atoms with van der Waals surface area (Å²) < 4.78 is 0. The van der Waals surface area contributed by atoms with E-state index < -0.39 is 11.9 Å². The zero-order chi connectivity index (χ0) is 14.7. The molecule has 0 radical (unpaired) electrons. The summed E-state index contributed by atoms with van der Waals surface area (Å²) in [4.78, 5) is 11.5. The number of carboxylic acid groups (broad SMARTS) is 1. The Bertz CT molecular complexity index is 635. The lowest BCUT2D eigenvalue weighted by Gasteiger charge is -2.14. The maximum Gasteiger partial charge on any atom is 0.311 e. The third kappa shape index (κ3) is 3.40. The predicted octanol–water partition coefficient (Wildman–Crippen LogP) is 4.37. The van der Waals surface area contributed by atoms with Gasteiger partial charge in [-0.1, -0.05) is 41.9 Å². The van der Waals surface area contributed by atoms with Gasteiger partial charge in [-0.3, -0.25) is 4.79 Å². The van der Waals surface area contributed by atoms with Gasteiger partial charge in [-0.05, 0) is 54.7 Å². The van der Waals surface area contributed by atoms with Crippen molar-refractivity contribution in [2.45, 2.75) is 26.2 Å². The van der Waals surface area contributed by atoms with Crippen molar-refractivity contribution in [2.24, 2.45) is 0 Å². The number of aryl methyl sites for hydroxylation is 2. The molecule has 2 aromatic carbocycles. The van der Waals surface area contributed by atoms with Gasteiger partial charge in [0.15, 0.2) is 0 Å². The molecule has 0 aliphatic carbocycles. The smallest absolute Gasteiger partial charge is 0.311 e. The van der Waals surface area contributed by atoms with Gasteiger partial charge in [0, 0.05) is 5.02 Å². The van der Waals surface area contributed by atoms with E-state index in [0.717, 1.165) is 11.1 Å². The maximum atomic E-state index is 11.5. The van der Waals surface area contributed by atoms with Gasteiger partial charge in [0.1, 0.15) is 0 Å². The molecule has 0 bridgehead atoms. The number of halogens is 1. The molecular formula is C17H17ClO2. The fourth-order valence-electron chi connectivity index (χ4n) is 2.24. The summed E-state index contributed by atoms with van der Waals surface area (Å²) in [7, 11) is 0. The number of carboxylic acids is 1. The van der Waals surface area contributed by atoms with Crippen molar-refractivity contribution in [3.05, 3.63) is 69.7 Å². The molecule has 1 N–H and O–H groups in total. The summed E-state index contributed by atoms with van der Waals surface area (Å²) in [5.41, 5.74) is 4.16. The van der Waals surface area contributed by atoms with Crippen molar-refractivity contribution in [1.82, 2.24) is 0 Å². The maximum absolute atomic E-state index is 11.5. The fourth-order valence-corrected chi connectivity index (χ4v) is 2.44. The molecule has 0 spiro atoms. The second-order valence-electron chi connectivity index (χ2n) is 5.07. The standard InChI is InChI=1S/C17H17ClO2/c1-11-6-7-13(8-12(11)2)9-16(17(19)20)14-4-3-5-15(18)10-14/h3-8,10,16H,9H2,1-2H3,(H,19,20)/t16-/m1/s1. The second-order valence-corrected chi connectivity index (χ2v) is 5.51. The minimum atomic E-state index is -0.828. The average molecular weight is 289 g/mol. The monoisotopic (exact) mass is 288 g/mol. The van der Waals surface area contributed by atoms with E-state index in [-0.39, 0.29) is 0 Å². The lowest BCUT2D eigenvalue weighted by molar-refractivity contribution is -0.138. The molecule has 0 fully saturated rings. The number of hydrogen-bond donors (Lipinski definition) is 1. The van der Waals surface area contributed by atoms with Gasteiger partial charge >= 0.3 is 5.97 Å². The van der Waals surface area contributed by atoms with Gasteiger partial charge in [0.05, 0.1) is 5.92 Å². The van der Waals surface area contributed by atoms with E-state index >= 15 is 0 Å². The molecule has 3 heteroatoms. The van der Waals surface area contributed by atoms with Crippen molar-refractivity contribution >= 4 is 17.6 Å². The summed E-state index contributed by atoms with van der Waals surface area (Å²) >= 11 is 5.95. The largest absolute Gasteiger partial charge is 0.481 e. The first-order chi connectivity index (χ1) is 9.47. The molecule has 0 unspecified atom stereocenters. The van der Waals surface area contributed by atoms with Crippen LogP contribution in [-0.4, -0.2) is 11.1 Å². The Hall–Kier alpha value is -1.80. The van der Waals surface area contributed by atoms with Crippen LogP contribution in [0.1, 0.15) is 28.2 Å². The summed E-state index contributed by atoms with van der Waals surface area (Å²) in [6.07, 6.45) is 0.469. The molecule has 0 heterocycles. The van der Waals surface area contributed by atoms with Crippen LogP contribution >= 0.6 is 11.6 Å². The zero-order valence-corrected chi connectivity index (χ0v) is 12.3. The Morgan fingerprint density at radius 1 is 1.15 bits per heavy atom. The lowest BCUT2D eigenvalue weighted by Crippen LogP contribution is -2.14. The Labute approximate surface area is 124 Å². The van der Waals surface area contributed by atoms with Crippen molar-refractivity contribution in [2.75, 3.05) is 0 Å². The highest BCUT2D eigenvalue weighted by Crippen LogP contribution is 2.24. The lowest BCUT2D eigenvalue weighted by atomic mass is 9.91. The molecule has 0 aliphatic rings. The molecule has 104 valence electrons. The van der Waals surface area contributed by atoms with Crippen molar-refractivity contribution < 1.29 is 9.90 Å². The number of carbonyl (C=O) groups is 1. The van der Waals surface area contributed by atoms with Gasteiger partial charge < -0.3 is 5.11 Å². The predicted molar refractivity (Wildman–Crippen MR) is 81.4 cm³/mol. The fraction of sp³-hybridized carbons (Fsp3) is 0.235. The van der Waals surface area contributed by atoms with E-state index in [1.54, 1.807) is 18.2 Å². The van der Waals surface area contributed by atoms with Crippen LogP contribution in [0.25, 0.3) is 0 Å². The van der Waals surface area contributed by atoms with Gasteiger partial charge in [-0.2, -0.15) is 0 Å². The van der Waals surface area contributed by atoms with Crippen LogP contribution in [-0.2, 0) is 11.2 Å². The van der Waals surface area contributed by atoms with Crippen LogP contribution in [0.5, 0.6) is 0 Å². The van der Waals surface area contributed by atoms with Gasteiger partial charge in [-0.25, -0.2) is 0 Å². The van der Waals surface area contributed by atoms with Crippen molar-refractivity contribution in [3.63, 3.8) is 0 Å². The number of rotatable bonds is 4. The second kappa shape index (κ2) is 6.10. The van der Waals surface area contributed by atoms with Crippen molar-refractivity contribution in [1.29, 1.82) is 0 Å². The Balaban J connectivity index is 2.30. The van der Waals surface area contributed by atoms with E-state index in [4.69, 9.17) is 11.6 Å². The third-order valence-corrected chi connectivity index (χ3v) is 3.80. The van der Waals surface area contributed by atoms with Gasteiger partial charge in [-0.15, -0.1) is 0 Å². The molecule has 0 saturated heterocycles. The van der Waals surface area contributed by atoms with Crippen LogP contribution in [0.4, 0.5) is 0 Å². The minimum absolute atomic E-state index is 0.469. The summed E-state index contributed by atoms with van der Waals surface area (Å²) in [6.45, 7) is 4.08. The average Bonchev–Trinajstić information content (AvgIpc) is 2.39. The molecule has 2 aromatic rings.